The van der Waals surface area contributed by atoms with Gasteiger partial charge in [-0.25, -0.2) is 13.6 Å². The number of carbonyl (C=O) groups excluding carboxylic acids is 1. The molecule has 0 saturated carbocycles. The molecule has 1 aromatic carbocycles. The summed E-state index contributed by atoms with van der Waals surface area (Å²) in [6.07, 6.45) is 1.92. The maximum atomic E-state index is 12.1. The first-order valence-electron chi connectivity index (χ1n) is 5.41. The van der Waals surface area contributed by atoms with Crippen LogP contribution in [0.25, 0.3) is 0 Å². The first kappa shape index (κ1) is 12.1. The zero-order valence-electron chi connectivity index (χ0n) is 9.30. The Morgan fingerprint density at radius 1 is 1.18 bits per heavy atom. The lowest BCUT2D eigenvalue weighted by atomic mass is 10.2. The van der Waals surface area contributed by atoms with E-state index in [1.165, 1.54) is 12.1 Å². The molecule has 0 radical (unpaired) electrons. The monoisotopic (exact) mass is 254 g/mol. The van der Waals surface area contributed by atoms with E-state index in [0.29, 0.717) is 13.1 Å². The highest BCUT2D eigenvalue weighted by atomic mass is 32.2. The van der Waals surface area contributed by atoms with E-state index in [2.05, 4.69) is 0 Å². The topological polar surface area (TPSA) is 80.5 Å². The van der Waals surface area contributed by atoms with Crippen molar-refractivity contribution in [3.05, 3.63) is 29.8 Å². The smallest absolute Gasteiger partial charge is 0.255 e. The van der Waals surface area contributed by atoms with E-state index in [9.17, 15) is 13.2 Å². The molecule has 2 rings (SSSR count). The summed E-state index contributed by atoms with van der Waals surface area (Å²) in [6.45, 7) is 1.36. The molecule has 1 aromatic rings. The predicted molar refractivity (Wildman–Crippen MR) is 63.0 cm³/mol. The van der Waals surface area contributed by atoms with E-state index in [1.54, 1.807) is 17.0 Å². The third kappa shape index (κ3) is 2.48. The second-order valence-electron chi connectivity index (χ2n) is 4.04. The average molecular weight is 254 g/mol. The van der Waals surface area contributed by atoms with Crippen molar-refractivity contribution in [2.24, 2.45) is 5.14 Å². The van der Waals surface area contributed by atoms with Crippen LogP contribution in [0, 0.1) is 0 Å². The first-order valence-corrected chi connectivity index (χ1v) is 6.96. The third-order valence-electron chi connectivity index (χ3n) is 2.82. The molecular weight excluding hydrogens is 240 g/mol. The Morgan fingerprint density at radius 3 is 2.35 bits per heavy atom. The number of benzene rings is 1. The Labute approximate surface area is 100 Å². The van der Waals surface area contributed by atoms with Gasteiger partial charge in [0, 0.05) is 13.1 Å². The number of nitrogens with two attached hydrogens (primary N) is 1. The summed E-state index contributed by atoms with van der Waals surface area (Å²) in [5.74, 6) is -0.257. The van der Waals surface area contributed by atoms with Gasteiger partial charge in [-0.05, 0) is 25.0 Å². The van der Waals surface area contributed by atoms with E-state index in [4.69, 9.17) is 5.14 Å². The van der Waals surface area contributed by atoms with E-state index < -0.39 is 10.0 Å². The minimum Gasteiger partial charge on any atom is -0.339 e. The first-order chi connectivity index (χ1) is 8.00. The van der Waals surface area contributed by atoms with E-state index in [-0.39, 0.29) is 16.4 Å². The van der Waals surface area contributed by atoms with Crippen LogP contribution >= 0.6 is 0 Å². The number of amides is 1. The Bertz CT molecular complexity index is 533. The van der Waals surface area contributed by atoms with Crippen molar-refractivity contribution in [2.45, 2.75) is 17.7 Å². The highest BCUT2D eigenvalue weighted by Crippen LogP contribution is 2.18. The second-order valence-corrected chi connectivity index (χ2v) is 5.57. The van der Waals surface area contributed by atoms with Gasteiger partial charge in [-0.2, -0.15) is 0 Å². The largest absolute Gasteiger partial charge is 0.339 e. The normalized spacial score (nSPS) is 16.2. The SMILES string of the molecule is NS(=O)(=O)c1ccccc1C(=O)N1CCCC1. The number of sulfonamides is 1. The molecule has 1 saturated heterocycles. The van der Waals surface area contributed by atoms with Crippen LogP contribution in [0.1, 0.15) is 23.2 Å². The summed E-state index contributed by atoms with van der Waals surface area (Å²) < 4.78 is 22.8. The lowest BCUT2D eigenvalue weighted by molar-refractivity contribution is 0.0789. The summed E-state index contributed by atoms with van der Waals surface area (Å²) in [5.41, 5.74) is 0.164. The summed E-state index contributed by atoms with van der Waals surface area (Å²) in [4.78, 5) is 13.7. The van der Waals surface area contributed by atoms with Gasteiger partial charge in [0.25, 0.3) is 5.91 Å². The van der Waals surface area contributed by atoms with E-state index in [0.717, 1.165) is 12.8 Å². The average Bonchev–Trinajstić information content (AvgIpc) is 2.80. The fourth-order valence-corrected chi connectivity index (χ4v) is 2.71. The van der Waals surface area contributed by atoms with Gasteiger partial charge in [-0.3, -0.25) is 4.79 Å². The molecule has 0 spiro atoms. The number of carbonyl (C=O) groups is 1. The van der Waals surface area contributed by atoms with Gasteiger partial charge in [-0.15, -0.1) is 0 Å². The van der Waals surface area contributed by atoms with Crippen molar-refractivity contribution >= 4 is 15.9 Å². The van der Waals surface area contributed by atoms with Gasteiger partial charge in [0.1, 0.15) is 0 Å². The molecule has 1 aliphatic heterocycles. The van der Waals surface area contributed by atoms with Crippen LogP contribution in [-0.4, -0.2) is 32.3 Å². The van der Waals surface area contributed by atoms with Crippen molar-refractivity contribution in [2.75, 3.05) is 13.1 Å². The Morgan fingerprint density at radius 2 is 1.76 bits per heavy atom. The summed E-state index contributed by atoms with van der Waals surface area (Å²) in [7, 11) is -3.86. The Hall–Kier alpha value is -1.40. The predicted octanol–water partition coefficient (Wildman–Crippen LogP) is 0.570. The van der Waals surface area contributed by atoms with Crippen LogP contribution in [0.5, 0.6) is 0 Å². The molecule has 1 fully saturated rings. The third-order valence-corrected chi connectivity index (χ3v) is 3.79. The highest BCUT2D eigenvalue weighted by Gasteiger charge is 2.24. The standard InChI is InChI=1S/C11H14N2O3S/c12-17(15,16)10-6-2-1-5-9(10)11(14)13-7-3-4-8-13/h1-2,5-6H,3-4,7-8H2,(H2,12,15,16). The maximum absolute atomic E-state index is 12.1. The number of nitrogens with zero attached hydrogens (tertiary/aromatic N) is 1. The molecule has 0 unspecified atom stereocenters. The molecule has 2 N–H and O–H groups in total. The molecule has 92 valence electrons. The van der Waals surface area contributed by atoms with Gasteiger partial charge in [0.2, 0.25) is 10.0 Å². The van der Waals surface area contributed by atoms with Crippen molar-refractivity contribution in [1.29, 1.82) is 0 Å². The molecule has 6 heteroatoms. The van der Waals surface area contributed by atoms with Crippen LogP contribution in [-0.2, 0) is 10.0 Å². The minimum absolute atomic E-state index is 0.100. The van der Waals surface area contributed by atoms with Gasteiger partial charge in [-0.1, -0.05) is 12.1 Å². The van der Waals surface area contributed by atoms with Gasteiger partial charge >= 0.3 is 0 Å². The van der Waals surface area contributed by atoms with Gasteiger partial charge < -0.3 is 4.90 Å². The van der Waals surface area contributed by atoms with Crippen molar-refractivity contribution in [1.82, 2.24) is 4.90 Å². The van der Waals surface area contributed by atoms with Crippen LogP contribution in [0.2, 0.25) is 0 Å². The highest BCUT2D eigenvalue weighted by molar-refractivity contribution is 7.89. The summed E-state index contributed by atoms with van der Waals surface area (Å²) in [6, 6.07) is 6.05. The van der Waals surface area contributed by atoms with E-state index >= 15 is 0 Å². The maximum Gasteiger partial charge on any atom is 0.255 e. The zero-order valence-corrected chi connectivity index (χ0v) is 10.1. The lowest BCUT2D eigenvalue weighted by Gasteiger charge is -2.16. The molecule has 0 atom stereocenters. The van der Waals surface area contributed by atoms with Crippen molar-refractivity contribution in [3.63, 3.8) is 0 Å². The van der Waals surface area contributed by atoms with Crippen molar-refractivity contribution in [3.8, 4) is 0 Å². The Kier molecular flexibility index (Phi) is 3.17. The Balaban J connectivity index is 2.41. The van der Waals surface area contributed by atoms with Gasteiger partial charge in [0.15, 0.2) is 0 Å². The molecule has 5 nitrogen and oxygen atoms in total. The molecule has 1 amide bonds. The number of rotatable bonds is 2. The van der Waals surface area contributed by atoms with Crippen LogP contribution in [0.3, 0.4) is 0 Å². The number of primary sulfonamides is 1. The fraction of sp³-hybridized carbons (Fsp3) is 0.364. The van der Waals surface area contributed by atoms with Gasteiger partial charge in [0.05, 0.1) is 10.5 Å². The number of hydrogen-bond acceptors (Lipinski definition) is 3. The van der Waals surface area contributed by atoms with Crippen LogP contribution in [0.4, 0.5) is 0 Å². The molecule has 1 heterocycles. The summed E-state index contributed by atoms with van der Waals surface area (Å²) in [5, 5.41) is 5.10. The van der Waals surface area contributed by atoms with Crippen molar-refractivity contribution < 1.29 is 13.2 Å². The lowest BCUT2D eigenvalue weighted by Crippen LogP contribution is -2.29. The molecular formula is C11H14N2O3S. The molecule has 1 aliphatic rings. The summed E-state index contributed by atoms with van der Waals surface area (Å²) >= 11 is 0. The quantitative estimate of drug-likeness (QED) is 0.837. The molecule has 17 heavy (non-hydrogen) atoms. The van der Waals surface area contributed by atoms with Crippen LogP contribution in [0.15, 0.2) is 29.2 Å². The molecule has 0 bridgehead atoms. The zero-order chi connectivity index (χ0) is 12.5. The number of hydrogen-bond donors (Lipinski definition) is 1. The molecule has 0 aliphatic carbocycles. The second kappa shape index (κ2) is 4.46. The van der Waals surface area contributed by atoms with Crippen LogP contribution < -0.4 is 5.14 Å². The van der Waals surface area contributed by atoms with E-state index in [1.807, 2.05) is 0 Å². The molecule has 0 aromatic heterocycles. The number of likely N-dealkylation sites (tertiary alicyclic amines) is 1. The minimum atomic E-state index is -3.86. The fourth-order valence-electron chi connectivity index (χ4n) is 1.98.